The Morgan fingerprint density at radius 1 is 1.05 bits per heavy atom. The highest BCUT2D eigenvalue weighted by molar-refractivity contribution is 7.98. The summed E-state index contributed by atoms with van der Waals surface area (Å²) in [5, 5.41) is 0. The van der Waals surface area contributed by atoms with Crippen molar-refractivity contribution >= 4 is 17.7 Å². The summed E-state index contributed by atoms with van der Waals surface area (Å²) in [5.74, 6) is 0.576. The molecule has 0 aliphatic carbocycles. The first-order valence-corrected chi connectivity index (χ1v) is 7.86. The van der Waals surface area contributed by atoms with Crippen LogP contribution in [0.15, 0.2) is 53.4 Å². The molecule has 0 N–H and O–H groups in total. The van der Waals surface area contributed by atoms with Gasteiger partial charge in [-0.25, -0.2) is 0 Å². The third-order valence-electron chi connectivity index (χ3n) is 3.13. The number of hydrogen-bond donors (Lipinski definition) is 0. The molecule has 0 atom stereocenters. The highest BCUT2D eigenvalue weighted by Gasteiger charge is 2.08. The molecule has 4 heteroatoms. The zero-order valence-corrected chi connectivity index (χ0v) is 13.0. The van der Waals surface area contributed by atoms with Gasteiger partial charge in [0.15, 0.2) is 0 Å². The smallest absolute Gasteiger partial charge is 0.309 e. The van der Waals surface area contributed by atoms with Crippen LogP contribution in [0.25, 0.3) is 0 Å². The summed E-state index contributed by atoms with van der Waals surface area (Å²) in [4.78, 5) is 12.6. The quantitative estimate of drug-likeness (QED) is 0.602. The first kappa shape index (κ1) is 15.4. The average molecular weight is 302 g/mol. The number of carbonyl (C=O) groups is 1. The third-order valence-corrected chi connectivity index (χ3v) is 3.88. The number of rotatable bonds is 6. The highest BCUT2D eigenvalue weighted by atomic mass is 32.2. The minimum atomic E-state index is -0.244. The van der Waals surface area contributed by atoms with Gasteiger partial charge in [-0.1, -0.05) is 24.3 Å². The molecule has 0 unspecified atom stereocenters. The minimum absolute atomic E-state index is 0.244. The van der Waals surface area contributed by atoms with Gasteiger partial charge in [-0.2, -0.15) is 0 Å². The molecule has 2 rings (SSSR count). The van der Waals surface area contributed by atoms with Crippen LogP contribution >= 0.6 is 11.8 Å². The van der Waals surface area contributed by atoms with E-state index in [1.807, 2.05) is 54.8 Å². The van der Waals surface area contributed by atoms with Crippen molar-refractivity contribution in [3.63, 3.8) is 0 Å². The average Bonchev–Trinajstić information content (AvgIpc) is 2.54. The van der Waals surface area contributed by atoms with Gasteiger partial charge in [-0.3, -0.25) is 4.79 Å². The van der Waals surface area contributed by atoms with Gasteiger partial charge >= 0.3 is 5.97 Å². The molecule has 0 saturated carbocycles. The SMILES string of the molecule is COC(=O)Cc1ccccc1COc1ccc(SC)cc1. The monoisotopic (exact) mass is 302 g/mol. The molecule has 0 aromatic heterocycles. The van der Waals surface area contributed by atoms with Crippen LogP contribution in [0, 0.1) is 0 Å². The largest absolute Gasteiger partial charge is 0.489 e. The summed E-state index contributed by atoms with van der Waals surface area (Å²) < 4.78 is 10.5. The number of benzene rings is 2. The molecule has 0 radical (unpaired) electrons. The molecule has 0 fully saturated rings. The van der Waals surface area contributed by atoms with Crippen molar-refractivity contribution in [3.8, 4) is 5.75 Å². The molecule has 0 heterocycles. The standard InChI is InChI=1S/C17H18O3S/c1-19-17(18)11-13-5-3-4-6-14(13)12-20-15-7-9-16(21-2)10-8-15/h3-10H,11-12H2,1-2H3. The van der Waals surface area contributed by atoms with E-state index in [0.717, 1.165) is 16.9 Å². The summed E-state index contributed by atoms with van der Waals surface area (Å²) in [6.07, 6.45) is 2.31. The number of methoxy groups -OCH3 is 1. The fourth-order valence-corrected chi connectivity index (χ4v) is 2.34. The maximum Gasteiger partial charge on any atom is 0.309 e. The number of thioether (sulfide) groups is 1. The Hall–Kier alpha value is -1.94. The predicted octanol–water partition coefficient (Wildman–Crippen LogP) is 3.70. The van der Waals surface area contributed by atoms with Crippen molar-refractivity contribution in [3.05, 3.63) is 59.7 Å². The Morgan fingerprint density at radius 3 is 2.33 bits per heavy atom. The molecule has 0 saturated heterocycles. The number of esters is 1. The van der Waals surface area contributed by atoms with E-state index in [0.29, 0.717) is 6.61 Å². The Labute approximate surface area is 129 Å². The van der Waals surface area contributed by atoms with E-state index >= 15 is 0 Å². The molecule has 0 aliphatic rings. The van der Waals surface area contributed by atoms with Crippen molar-refractivity contribution < 1.29 is 14.3 Å². The van der Waals surface area contributed by atoms with Crippen molar-refractivity contribution in [2.75, 3.05) is 13.4 Å². The first-order chi connectivity index (χ1) is 10.2. The second-order valence-corrected chi connectivity index (χ2v) is 5.37. The molecular weight excluding hydrogens is 284 g/mol. The molecule has 0 aliphatic heterocycles. The second-order valence-electron chi connectivity index (χ2n) is 4.49. The lowest BCUT2D eigenvalue weighted by Gasteiger charge is -2.10. The Balaban J connectivity index is 2.03. The van der Waals surface area contributed by atoms with Crippen LogP contribution < -0.4 is 4.74 Å². The molecule has 2 aromatic carbocycles. The van der Waals surface area contributed by atoms with Gasteiger partial charge in [0.2, 0.25) is 0 Å². The van der Waals surface area contributed by atoms with Crippen LogP contribution in [0.5, 0.6) is 5.75 Å². The first-order valence-electron chi connectivity index (χ1n) is 6.63. The van der Waals surface area contributed by atoms with Crippen LogP contribution in [0.4, 0.5) is 0 Å². The molecule has 0 spiro atoms. The molecular formula is C17H18O3S. The summed E-state index contributed by atoms with van der Waals surface area (Å²) in [6, 6.07) is 15.7. The van der Waals surface area contributed by atoms with Crippen LogP contribution in [0.3, 0.4) is 0 Å². The molecule has 21 heavy (non-hydrogen) atoms. The van der Waals surface area contributed by atoms with E-state index in [1.165, 1.54) is 12.0 Å². The Morgan fingerprint density at radius 2 is 1.71 bits per heavy atom. The molecule has 110 valence electrons. The zero-order valence-electron chi connectivity index (χ0n) is 12.2. The van der Waals surface area contributed by atoms with E-state index in [4.69, 9.17) is 9.47 Å². The Bertz CT molecular complexity index is 593. The Kier molecular flexibility index (Phi) is 5.69. The van der Waals surface area contributed by atoms with Crippen LogP contribution in [-0.2, 0) is 22.6 Å². The maximum absolute atomic E-state index is 11.4. The summed E-state index contributed by atoms with van der Waals surface area (Å²) in [7, 11) is 1.40. The molecule has 0 amide bonds. The van der Waals surface area contributed by atoms with Crippen LogP contribution in [0.1, 0.15) is 11.1 Å². The van der Waals surface area contributed by atoms with Crippen molar-refractivity contribution in [2.24, 2.45) is 0 Å². The van der Waals surface area contributed by atoms with Gasteiger partial charge < -0.3 is 9.47 Å². The summed E-state index contributed by atoms with van der Waals surface area (Å²) >= 11 is 1.70. The lowest BCUT2D eigenvalue weighted by atomic mass is 10.1. The van der Waals surface area contributed by atoms with Gasteiger partial charge in [0.05, 0.1) is 13.5 Å². The lowest BCUT2D eigenvalue weighted by molar-refractivity contribution is -0.139. The maximum atomic E-state index is 11.4. The fraction of sp³-hybridized carbons (Fsp3) is 0.235. The van der Waals surface area contributed by atoms with Crippen molar-refractivity contribution in [1.82, 2.24) is 0 Å². The van der Waals surface area contributed by atoms with Gasteiger partial charge in [0, 0.05) is 4.90 Å². The molecule has 2 aromatic rings. The molecule has 0 bridgehead atoms. The lowest BCUT2D eigenvalue weighted by Crippen LogP contribution is -2.08. The van der Waals surface area contributed by atoms with E-state index in [9.17, 15) is 4.79 Å². The normalized spacial score (nSPS) is 10.2. The summed E-state index contributed by atoms with van der Waals surface area (Å²) in [5.41, 5.74) is 1.93. The fourth-order valence-electron chi connectivity index (χ4n) is 1.93. The highest BCUT2D eigenvalue weighted by Crippen LogP contribution is 2.20. The number of carbonyl (C=O) groups excluding carboxylic acids is 1. The van der Waals surface area contributed by atoms with E-state index < -0.39 is 0 Å². The zero-order chi connectivity index (χ0) is 15.1. The van der Waals surface area contributed by atoms with Crippen molar-refractivity contribution in [2.45, 2.75) is 17.9 Å². The van der Waals surface area contributed by atoms with Gasteiger partial charge in [0.1, 0.15) is 12.4 Å². The van der Waals surface area contributed by atoms with Gasteiger partial charge in [-0.05, 0) is 41.6 Å². The van der Waals surface area contributed by atoms with E-state index in [1.54, 1.807) is 11.8 Å². The summed E-state index contributed by atoms with van der Waals surface area (Å²) in [6.45, 7) is 0.436. The van der Waals surface area contributed by atoms with E-state index in [2.05, 4.69) is 0 Å². The third kappa shape index (κ3) is 4.53. The number of hydrogen-bond acceptors (Lipinski definition) is 4. The second kappa shape index (κ2) is 7.74. The number of ether oxygens (including phenoxy) is 2. The predicted molar refractivity (Wildman–Crippen MR) is 84.7 cm³/mol. The van der Waals surface area contributed by atoms with Gasteiger partial charge in [-0.15, -0.1) is 11.8 Å². The van der Waals surface area contributed by atoms with Crippen molar-refractivity contribution in [1.29, 1.82) is 0 Å². The minimum Gasteiger partial charge on any atom is -0.489 e. The molecule has 3 nitrogen and oxygen atoms in total. The topological polar surface area (TPSA) is 35.5 Å². The van der Waals surface area contributed by atoms with Gasteiger partial charge in [0.25, 0.3) is 0 Å². The van der Waals surface area contributed by atoms with Crippen LogP contribution in [-0.4, -0.2) is 19.3 Å². The van der Waals surface area contributed by atoms with E-state index in [-0.39, 0.29) is 12.4 Å². The van der Waals surface area contributed by atoms with Crippen LogP contribution in [0.2, 0.25) is 0 Å².